The van der Waals surface area contributed by atoms with Crippen LogP contribution in [0.3, 0.4) is 0 Å². The summed E-state index contributed by atoms with van der Waals surface area (Å²) in [6, 6.07) is 9.59. The number of nitrogens with zero attached hydrogens (tertiary/aromatic N) is 4. The molecular weight excluding hydrogens is 332 g/mol. The topological polar surface area (TPSA) is 71.0 Å². The van der Waals surface area contributed by atoms with E-state index in [1.165, 1.54) is 5.56 Å². The molecule has 26 heavy (non-hydrogen) atoms. The molecule has 2 aromatic rings. The fraction of sp³-hybridized carbons (Fsp3) is 0.474. The molecule has 1 aromatic heterocycles. The Morgan fingerprint density at radius 1 is 1.12 bits per heavy atom. The van der Waals surface area contributed by atoms with Crippen molar-refractivity contribution in [2.45, 2.75) is 13.0 Å². The van der Waals surface area contributed by atoms with Crippen molar-refractivity contribution >= 4 is 5.95 Å². The van der Waals surface area contributed by atoms with Gasteiger partial charge in [0.1, 0.15) is 18.5 Å². The molecule has 1 aliphatic rings. The number of hydrogen-bond acceptors (Lipinski definition) is 7. The molecule has 7 nitrogen and oxygen atoms in total. The number of aryl methyl sites for hydroxylation is 1. The highest BCUT2D eigenvalue weighted by Gasteiger charge is 2.21. The summed E-state index contributed by atoms with van der Waals surface area (Å²) >= 11 is 0. The molecular formula is C19H26N4O3. The minimum absolute atomic E-state index is 0.294. The molecule has 1 unspecified atom stereocenters. The summed E-state index contributed by atoms with van der Waals surface area (Å²) in [5, 5.41) is 10.2. The van der Waals surface area contributed by atoms with Crippen molar-refractivity contribution < 1.29 is 14.6 Å². The van der Waals surface area contributed by atoms with Gasteiger partial charge in [-0.2, -0.15) is 4.98 Å². The number of ether oxygens (including phenoxy) is 2. The van der Waals surface area contributed by atoms with Gasteiger partial charge in [-0.05, 0) is 19.1 Å². The monoisotopic (exact) mass is 358 g/mol. The average Bonchev–Trinajstić information content (AvgIpc) is 2.68. The van der Waals surface area contributed by atoms with Crippen LogP contribution in [0.1, 0.15) is 5.56 Å². The number of β-amino-alcohol motifs (C(OH)–C–C–N with tert-alkyl or cyclic N) is 1. The fourth-order valence-corrected chi connectivity index (χ4v) is 2.91. The minimum Gasteiger partial charge on any atom is -0.491 e. The van der Waals surface area contributed by atoms with Gasteiger partial charge in [-0.1, -0.05) is 17.7 Å². The molecule has 1 atom stereocenters. The second kappa shape index (κ2) is 8.82. The van der Waals surface area contributed by atoms with Crippen LogP contribution in [0.4, 0.5) is 5.95 Å². The van der Waals surface area contributed by atoms with Crippen molar-refractivity contribution in [3.8, 4) is 11.6 Å². The molecule has 3 rings (SSSR count). The summed E-state index contributed by atoms with van der Waals surface area (Å²) < 4.78 is 10.8. The van der Waals surface area contributed by atoms with E-state index in [0.29, 0.717) is 25.0 Å². The lowest BCUT2D eigenvalue weighted by molar-refractivity contribution is 0.0662. The number of rotatable bonds is 7. The number of aliphatic hydroxyl groups is 1. The van der Waals surface area contributed by atoms with Crippen LogP contribution in [-0.2, 0) is 0 Å². The maximum Gasteiger partial charge on any atom is 0.228 e. The van der Waals surface area contributed by atoms with Crippen molar-refractivity contribution in [3.05, 3.63) is 42.1 Å². The van der Waals surface area contributed by atoms with Crippen LogP contribution in [0.15, 0.2) is 36.5 Å². The van der Waals surface area contributed by atoms with E-state index in [-0.39, 0.29) is 0 Å². The molecule has 0 saturated carbocycles. The highest BCUT2D eigenvalue weighted by molar-refractivity contribution is 5.32. The van der Waals surface area contributed by atoms with Crippen LogP contribution in [0, 0.1) is 6.92 Å². The van der Waals surface area contributed by atoms with Crippen LogP contribution in [-0.4, -0.2) is 72.5 Å². The standard InChI is InChI=1S/C19H26N4O3/c1-15-3-5-17(6-4-15)26-14-16(24)13-22-9-11-23(12-10-22)19-20-8-7-18(21-19)25-2/h3-8,16,24H,9-14H2,1-2H3. The first kappa shape index (κ1) is 18.4. The quantitative estimate of drug-likeness (QED) is 0.801. The molecule has 1 aromatic carbocycles. The Balaban J connectivity index is 1.42. The van der Waals surface area contributed by atoms with E-state index in [9.17, 15) is 5.11 Å². The van der Waals surface area contributed by atoms with E-state index in [4.69, 9.17) is 9.47 Å². The van der Waals surface area contributed by atoms with Gasteiger partial charge in [0.15, 0.2) is 0 Å². The lowest BCUT2D eigenvalue weighted by atomic mass is 10.2. The lowest BCUT2D eigenvalue weighted by Crippen LogP contribution is -2.49. The average molecular weight is 358 g/mol. The summed E-state index contributed by atoms with van der Waals surface area (Å²) in [5.41, 5.74) is 1.19. The molecule has 0 bridgehead atoms. The molecule has 0 radical (unpaired) electrons. The highest BCUT2D eigenvalue weighted by atomic mass is 16.5. The molecule has 1 N–H and O–H groups in total. The van der Waals surface area contributed by atoms with Crippen molar-refractivity contribution in [1.29, 1.82) is 0 Å². The van der Waals surface area contributed by atoms with Crippen LogP contribution < -0.4 is 14.4 Å². The SMILES string of the molecule is COc1ccnc(N2CCN(CC(O)COc3ccc(C)cc3)CC2)n1. The summed E-state index contributed by atoms with van der Waals surface area (Å²) in [4.78, 5) is 13.1. The van der Waals surface area contributed by atoms with E-state index in [1.807, 2.05) is 31.2 Å². The Kier molecular flexibility index (Phi) is 6.25. The first-order valence-corrected chi connectivity index (χ1v) is 8.86. The maximum absolute atomic E-state index is 10.2. The summed E-state index contributed by atoms with van der Waals surface area (Å²) in [7, 11) is 1.60. The highest BCUT2D eigenvalue weighted by Crippen LogP contribution is 2.15. The summed E-state index contributed by atoms with van der Waals surface area (Å²) in [5.74, 6) is 2.04. The van der Waals surface area contributed by atoms with E-state index >= 15 is 0 Å². The molecule has 1 saturated heterocycles. The zero-order valence-electron chi connectivity index (χ0n) is 15.3. The van der Waals surface area contributed by atoms with Gasteiger partial charge in [0.2, 0.25) is 11.8 Å². The normalized spacial score (nSPS) is 16.3. The molecule has 2 heterocycles. The van der Waals surface area contributed by atoms with Crippen LogP contribution in [0.25, 0.3) is 0 Å². The fourth-order valence-electron chi connectivity index (χ4n) is 2.91. The van der Waals surface area contributed by atoms with Crippen LogP contribution in [0.5, 0.6) is 11.6 Å². The van der Waals surface area contributed by atoms with Gasteiger partial charge in [0.25, 0.3) is 0 Å². The van der Waals surface area contributed by atoms with Gasteiger partial charge >= 0.3 is 0 Å². The van der Waals surface area contributed by atoms with Gasteiger partial charge in [0, 0.05) is 45.0 Å². The van der Waals surface area contributed by atoms with Crippen molar-refractivity contribution in [1.82, 2.24) is 14.9 Å². The third-order valence-corrected chi connectivity index (χ3v) is 4.41. The van der Waals surface area contributed by atoms with Gasteiger partial charge < -0.3 is 19.5 Å². The van der Waals surface area contributed by atoms with Crippen LogP contribution >= 0.6 is 0 Å². The third kappa shape index (κ3) is 5.06. The van der Waals surface area contributed by atoms with Gasteiger partial charge in [-0.15, -0.1) is 0 Å². The molecule has 0 aliphatic carbocycles. The number of methoxy groups -OCH3 is 1. The van der Waals surface area contributed by atoms with Crippen molar-refractivity contribution in [2.75, 3.05) is 51.3 Å². The largest absolute Gasteiger partial charge is 0.491 e. The summed E-state index contributed by atoms with van der Waals surface area (Å²) in [6.07, 6.45) is 1.19. The molecule has 7 heteroatoms. The number of benzene rings is 1. The second-order valence-corrected chi connectivity index (χ2v) is 6.46. The van der Waals surface area contributed by atoms with E-state index in [2.05, 4.69) is 19.8 Å². The molecule has 1 fully saturated rings. The predicted molar refractivity (Wildman–Crippen MR) is 99.9 cm³/mol. The summed E-state index contributed by atoms with van der Waals surface area (Å²) in [6.45, 7) is 6.26. The maximum atomic E-state index is 10.2. The Morgan fingerprint density at radius 2 is 1.85 bits per heavy atom. The van der Waals surface area contributed by atoms with Gasteiger partial charge in [-0.25, -0.2) is 4.98 Å². The minimum atomic E-state index is -0.518. The number of aromatic nitrogens is 2. The first-order chi connectivity index (χ1) is 12.6. The van der Waals surface area contributed by atoms with E-state index in [1.54, 1.807) is 19.4 Å². The van der Waals surface area contributed by atoms with E-state index < -0.39 is 6.10 Å². The van der Waals surface area contributed by atoms with Gasteiger partial charge in [0.05, 0.1) is 7.11 Å². The molecule has 1 aliphatic heterocycles. The van der Waals surface area contributed by atoms with Crippen molar-refractivity contribution in [2.24, 2.45) is 0 Å². The number of hydrogen-bond donors (Lipinski definition) is 1. The first-order valence-electron chi connectivity index (χ1n) is 8.86. The zero-order chi connectivity index (χ0) is 18.4. The molecule has 0 amide bonds. The predicted octanol–water partition coefficient (Wildman–Crippen LogP) is 1.36. The molecule has 140 valence electrons. The molecule has 0 spiro atoms. The Hall–Kier alpha value is -2.38. The van der Waals surface area contributed by atoms with Gasteiger partial charge in [-0.3, -0.25) is 4.90 Å². The number of piperazine rings is 1. The lowest BCUT2D eigenvalue weighted by Gasteiger charge is -2.35. The Morgan fingerprint density at radius 3 is 2.54 bits per heavy atom. The smallest absolute Gasteiger partial charge is 0.228 e. The Bertz CT molecular complexity index is 687. The van der Waals surface area contributed by atoms with Crippen LogP contribution in [0.2, 0.25) is 0 Å². The Labute approximate surface area is 154 Å². The third-order valence-electron chi connectivity index (χ3n) is 4.41. The van der Waals surface area contributed by atoms with Crippen molar-refractivity contribution in [3.63, 3.8) is 0 Å². The van der Waals surface area contributed by atoms with E-state index in [0.717, 1.165) is 31.9 Å². The number of anilines is 1. The number of aliphatic hydroxyl groups excluding tert-OH is 1. The second-order valence-electron chi connectivity index (χ2n) is 6.46. The zero-order valence-corrected chi connectivity index (χ0v) is 15.3.